The second-order valence-electron chi connectivity index (χ2n) is 4.42. The molecule has 0 aliphatic carbocycles. The van der Waals surface area contributed by atoms with Gasteiger partial charge < -0.3 is 4.98 Å². The van der Waals surface area contributed by atoms with E-state index in [1.807, 2.05) is 31.2 Å². The molecular formula is C16H18N2. The molecule has 1 heterocycles. The van der Waals surface area contributed by atoms with Crippen LogP contribution < -0.4 is 0 Å². The van der Waals surface area contributed by atoms with Gasteiger partial charge in [-0.25, -0.2) is 4.98 Å². The Morgan fingerprint density at radius 1 is 0.778 bits per heavy atom. The lowest BCUT2D eigenvalue weighted by Crippen LogP contribution is -1.74. The van der Waals surface area contributed by atoms with Gasteiger partial charge in [-0.2, -0.15) is 0 Å². The minimum Gasteiger partial charge on any atom is -0.342 e. The summed E-state index contributed by atoms with van der Waals surface area (Å²) in [6.45, 7) is 6.20. The lowest BCUT2D eigenvalue weighted by molar-refractivity contribution is 1.17. The maximum atomic E-state index is 4.26. The molecule has 3 rings (SSSR count). The molecule has 18 heavy (non-hydrogen) atoms. The SMILES string of the molecule is Cc1ccccc1C.Cc1nc2ccccc2[nH]1. The summed E-state index contributed by atoms with van der Waals surface area (Å²) in [6, 6.07) is 16.4. The number of benzene rings is 2. The number of hydrogen-bond donors (Lipinski definition) is 1. The van der Waals surface area contributed by atoms with Crippen molar-refractivity contribution in [3.05, 3.63) is 65.5 Å². The Labute approximate surface area is 108 Å². The summed E-state index contributed by atoms with van der Waals surface area (Å²) in [5.41, 5.74) is 4.89. The fraction of sp³-hybridized carbons (Fsp3) is 0.188. The highest BCUT2D eigenvalue weighted by Crippen LogP contribution is 2.08. The van der Waals surface area contributed by atoms with Gasteiger partial charge in [0.1, 0.15) is 5.82 Å². The van der Waals surface area contributed by atoms with Crippen LogP contribution in [0.2, 0.25) is 0 Å². The summed E-state index contributed by atoms with van der Waals surface area (Å²) in [7, 11) is 0. The molecule has 1 N–H and O–H groups in total. The predicted molar refractivity (Wildman–Crippen MR) is 76.7 cm³/mol. The Kier molecular flexibility index (Phi) is 3.78. The van der Waals surface area contributed by atoms with Crippen molar-refractivity contribution in [2.45, 2.75) is 20.8 Å². The summed E-state index contributed by atoms with van der Waals surface area (Å²) >= 11 is 0. The van der Waals surface area contributed by atoms with Crippen LogP contribution in [0.1, 0.15) is 17.0 Å². The zero-order valence-corrected chi connectivity index (χ0v) is 11.1. The molecule has 3 aromatic rings. The van der Waals surface area contributed by atoms with Crippen molar-refractivity contribution in [1.29, 1.82) is 0 Å². The highest BCUT2D eigenvalue weighted by atomic mass is 14.9. The third-order valence-electron chi connectivity index (χ3n) is 2.93. The molecule has 0 aliphatic heterocycles. The van der Waals surface area contributed by atoms with Crippen LogP contribution >= 0.6 is 0 Å². The third kappa shape index (κ3) is 2.98. The van der Waals surface area contributed by atoms with E-state index in [9.17, 15) is 0 Å². The van der Waals surface area contributed by atoms with Gasteiger partial charge in [0.25, 0.3) is 0 Å². The van der Waals surface area contributed by atoms with Crippen LogP contribution in [0, 0.1) is 20.8 Å². The maximum absolute atomic E-state index is 4.26. The molecule has 0 amide bonds. The van der Waals surface area contributed by atoms with E-state index in [1.165, 1.54) is 11.1 Å². The Bertz CT molecular complexity index is 584. The largest absolute Gasteiger partial charge is 0.342 e. The monoisotopic (exact) mass is 238 g/mol. The summed E-state index contributed by atoms with van der Waals surface area (Å²) in [5.74, 6) is 0.973. The van der Waals surface area contributed by atoms with Crippen molar-refractivity contribution >= 4 is 11.0 Å². The van der Waals surface area contributed by atoms with Gasteiger partial charge in [0.15, 0.2) is 0 Å². The number of para-hydroxylation sites is 2. The normalized spacial score (nSPS) is 9.94. The first-order valence-corrected chi connectivity index (χ1v) is 6.10. The fourth-order valence-corrected chi connectivity index (χ4v) is 1.74. The summed E-state index contributed by atoms with van der Waals surface area (Å²) < 4.78 is 0. The Balaban J connectivity index is 0.000000138. The van der Waals surface area contributed by atoms with Gasteiger partial charge in [-0.1, -0.05) is 36.4 Å². The molecule has 0 radical (unpaired) electrons. The van der Waals surface area contributed by atoms with E-state index in [2.05, 4.69) is 48.1 Å². The number of aromatic nitrogens is 2. The van der Waals surface area contributed by atoms with Crippen LogP contribution in [0.3, 0.4) is 0 Å². The van der Waals surface area contributed by atoms with E-state index in [1.54, 1.807) is 0 Å². The smallest absolute Gasteiger partial charge is 0.104 e. The standard InChI is InChI=1S/C8H8N2.C8H10/c1-6-9-7-4-2-3-5-8(7)10-6;1-7-5-3-4-6-8(7)2/h2-5H,1H3,(H,9,10);3-6H,1-2H3. The second-order valence-corrected chi connectivity index (χ2v) is 4.42. The number of aryl methyl sites for hydroxylation is 3. The van der Waals surface area contributed by atoms with Crippen LogP contribution in [0.15, 0.2) is 48.5 Å². The zero-order chi connectivity index (χ0) is 13.0. The lowest BCUT2D eigenvalue weighted by atomic mass is 10.1. The molecule has 0 aliphatic rings. The van der Waals surface area contributed by atoms with Gasteiger partial charge in [0.2, 0.25) is 0 Å². The number of aromatic amines is 1. The molecule has 0 saturated carbocycles. The van der Waals surface area contributed by atoms with E-state index in [-0.39, 0.29) is 0 Å². The van der Waals surface area contributed by atoms with Crippen LogP contribution in [-0.2, 0) is 0 Å². The molecule has 2 aromatic carbocycles. The van der Waals surface area contributed by atoms with E-state index < -0.39 is 0 Å². The van der Waals surface area contributed by atoms with Gasteiger partial charge in [-0.3, -0.25) is 0 Å². The molecule has 0 saturated heterocycles. The van der Waals surface area contributed by atoms with Crippen molar-refractivity contribution in [1.82, 2.24) is 9.97 Å². The van der Waals surface area contributed by atoms with Gasteiger partial charge in [0.05, 0.1) is 11.0 Å². The molecule has 0 bridgehead atoms. The summed E-state index contributed by atoms with van der Waals surface area (Å²) in [5, 5.41) is 0. The molecule has 0 unspecified atom stereocenters. The number of fused-ring (bicyclic) bond motifs is 1. The van der Waals surface area contributed by atoms with Gasteiger partial charge in [-0.05, 0) is 44.0 Å². The van der Waals surface area contributed by atoms with Crippen LogP contribution in [0.25, 0.3) is 11.0 Å². The number of imidazole rings is 1. The topological polar surface area (TPSA) is 28.7 Å². The summed E-state index contributed by atoms with van der Waals surface area (Å²) in [6.07, 6.45) is 0. The summed E-state index contributed by atoms with van der Waals surface area (Å²) in [4.78, 5) is 7.40. The lowest BCUT2D eigenvalue weighted by Gasteiger charge is -1.93. The minimum absolute atomic E-state index is 0.973. The Morgan fingerprint density at radius 3 is 1.89 bits per heavy atom. The quantitative estimate of drug-likeness (QED) is 0.625. The van der Waals surface area contributed by atoms with E-state index in [0.717, 1.165) is 16.9 Å². The number of nitrogens with zero attached hydrogens (tertiary/aromatic N) is 1. The molecule has 0 spiro atoms. The van der Waals surface area contributed by atoms with E-state index in [4.69, 9.17) is 0 Å². The number of nitrogens with one attached hydrogen (secondary N) is 1. The predicted octanol–water partition coefficient (Wildman–Crippen LogP) is 4.17. The highest BCUT2D eigenvalue weighted by molar-refractivity contribution is 5.74. The molecule has 2 nitrogen and oxygen atoms in total. The first-order chi connectivity index (χ1) is 8.66. The Morgan fingerprint density at radius 2 is 1.33 bits per heavy atom. The van der Waals surface area contributed by atoms with Crippen molar-refractivity contribution in [3.63, 3.8) is 0 Å². The van der Waals surface area contributed by atoms with Gasteiger partial charge >= 0.3 is 0 Å². The highest BCUT2D eigenvalue weighted by Gasteiger charge is 1.94. The number of hydrogen-bond acceptors (Lipinski definition) is 1. The fourth-order valence-electron chi connectivity index (χ4n) is 1.74. The van der Waals surface area contributed by atoms with Crippen molar-refractivity contribution in [2.24, 2.45) is 0 Å². The van der Waals surface area contributed by atoms with Crippen LogP contribution in [-0.4, -0.2) is 9.97 Å². The Hall–Kier alpha value is -2.09. The molecule has 2 heteroatoms. The first kappa shape index (κ1) is 12.4. The molecule has 92 valence electrons. The number of rotatable bonds is 0. The van der Waals surface area contributed by atoms with Gasteiger partial charge in [-0.15, -0.1) is 0 Å². The van der Waals surface area contributed by atoms with Crippen LogP contribution in [0.4, 0.5) is 0 Å². The average Bonchev–Trinajstić information content (AvgIpc) is 2.74. The van der Waals surface area contributed by atoms with E-state index >= 15 is 0 Å². The van der Waals surface area contributed by atoms with E-state index in [0.29, 0.717) is 0 Å². The van der Waals surface area contributed by atoms with Crippen molar-refractivity contribution in [3.8, 4) is 0 Å². The number of H-pyrrole nitrogens is 1. The van der Waals surface area contributed by atoms with Crippen molar-refractivity contribution in [2.75, 3.05) is 0 Å². The van der Waals surface area contributed by atoms with Gasteiger partial charge in [0, 0.05) is 0 Å². The zero-order valence-electron chi connectivity index (χ0n) is 11.1. The first-order valence-electron chi connectivity index (χ1n) is 6.10. The molecule has 0 fully saturated rings. The van der Waals surface area contributed by atoms with Crippen LogP contribution in [0.5, 0.6) is 0 Å². The third-order valence-corrected chi connectivity index (χ3v) is 2.93. The molecular weight excluding hydrogens is 220 g/mol. The van der Waals surface area contributed by atoms with Crippen molar-refractivity contribution < 1.29 is 0 Å². The minimum atomic E-state index is 0.973. The average molecular weight is 238 g/mol. The molecule has 1 aromatic heterocycles. The maximum Gasteiger partial charge on any atom is 0.104 e. The molecule has 0 atom stereocenters. The second kappa shape index (κ2) is 5.50.